The number of benzene rings is 1. The fourth-order valence-corrected chi connectivity index (χ4v) is 1.42. The molecule has 1 rings (SSSR count). The summed E-state index contributed by atoms with van der Waals surface area (Å²) in [5.74, 6) is -0.326. The molecule has 2 N–H and O–H groups in total. The maximum atomic E-state index is 13.4. The van der Waals surface area contributed by atoms with Crippen molar-refractivity contribution in [1.82, 2.24) is 0 Å². The highest BCUT2D eigenvalue weighted by molar-refractivity contribution is 5.47. The molecule has 0 fully saturated rings. The first kappa shape index (κ1) is 14.9. The summed E-state index contributed by atoms with van der Waals surface area (Å²) in [6.45, 7) is 3.26. The lowest BCUT2D eigenvalue weighted by Crippen LogP contribution is -2.25. The first-order chi connectivity index (χ1) is 8.63. The Morgan fingerprint density at radius 2 is 2.17 bits per heavy atom. The SMILES string of the molecule is COCCOCC(O)CNc1cc(C)ccc1F. The molecule has 1 atom stereocenters. The third kappa shape index (κ3) is 5.44. The normalized spacial score (nSPS) is 12.4. The number of aliphatic hydroxyl groups excluding tert-OH is 1. The van der Waals surface area contributed by atoms with Crippen LogP contribution >= 0.6 is 0 Å². The van der Waals surface area contributed by atoms with E-state index in [0.717, 1.165) is 5.56 Å². The van der Waals surface area contributed by atoms with Gasteiger partial charge in [-0.15, -0.1) is 0 Å². The summed E-state index contributed by atoms with van der Waals surface area (Å²) in [5, 5.41) is 12.5. The van der Waals surface area contributed by atoms with Gasteiger partial charge in [-0.25, -0.2) is 4.39 Å². The van der Waals surface area contributed by atoms with Crippen LogP contribution in [-0.2, 0) is 9.47 Å². The van der Waals surface area contributed by atoms with Gasteiger partial charge in [0.15, 0.2) is 0 Å². The van der Waals surface area contributed by atoms with Gasteiger partial charge in [0.25, 0.3) is 0 Å². The number of hydrogen-bond acceptors (Lipinski definition) is 4. The Morgan fingerprint density at radius 1 is 1.39 bits per heavy atom. The maximum Gasteiger partial charge on any atom is 0.146 e. The molecule has 0 saturated carbocycles. The fraction of sp³-hybridized carbons (Fsp3) is 0.538. The van der Waals surface area contributed by atoms with E-state index in [-0.39, 0.29) is 19.0 Å². The lowest BCUT2D eigenvalue weighted by Gasteiger charge is -2.14. The zero-order valence-corrected chi connectivity index (χ0v) is 10.8. The van der Waals surface area contributed by atoms with Gasteiger partial charge >= 0.3 is 0 Å². The fourth-order valence-electron chi connectivity index (χ4n) is 1.42. The van der Waals surface area contributed by atoms with Crippen LogP contribution in [0.2, 0.25) is 0 Å². The van der Waals surface area contributed by atoms with Gasteiger partial charge in [-0.05, 0) is 24.6 Å². The lowest BCUT2D eigenvalue weighted by molar-refractivity contribution is 0.0182. The monoisotopic (exact) mass is 257 g/mol. The van der Waals surface area contributed by atoms with Crippen molar-refractivity contribution in [1.29, 1.82) is 0 Å². The smallest absolute Gasteiger partial charge is 0.146 e. The molecule has 4 nitrogen and oxygen atoms in total. The second-order valence-corrected chi connectivity index (χ2v) is 4.09. The largest absolute Gasteiger partial charge is 0.389 e. The van der Waals surface area contributed by atoms with Crippen LogP contribution in [0.5, 0.6) is 0 Å². The van der Waals surface area contributed by atoms with Gasteiger partial charge in [-0.3, -0.25) is 0 Å². The quantitative estimate of drug-likeness (QED) is 0.694. The molecule has 0 spiro atoms. The van der Waals surface area contributed by atoms with Gasteiger partial charge in [0.05, 0.1) is 31.6 Å². The first-order valence-corrected chi connectivity index (χ1v) is 5.88. The van der Waals surface area contributed by atoms with Crippen molar-refractivity contribution >= 4 is 5.69 Å². The van der Waals surface area contributed by atoms with Crippen molar-refractivity contribution in [3.05, 3.63) is 29.6 Å². The molecule has 0 saturated heterocycles. The van der Waals surface area contributed by atoms with E-state index in [4.69, 9.17) is 9.47 Å². The molecular formula is C13H20FNO3. The minimum atomic E-state index is -0.679. The Balaban J connectivity index is 2.29. The molecule has 0 heterocycles. The number of methoxy groups -OCH3 is 1. The number of aliphatic hydroxyl groups is 1. The van der Waals surface area contributed by atoms with Gasteiger partial charge in [0, 0.05) is 13.7 Å². The number of aryl methyl sites for hydroxylation is 1. The van der Waals surface area contributed by atoms with E-state index in [1.54, 1.807) is 19.2 Å². The number of nitrogens with one attached hydrogen (secondary N) is 1. The van der Waals surface area contributed by atoms with E-state index in [0.29, 0.717) is 18.9 Å². The minimum Gasteiger partial charge on any atom is -0.389 e. The number of rotatable bonds is 8. The molecule has 1 aromatic rings. The van der Waals surface area contributed by atoms with Crippen molar-refractivity contribution in [2.75, 3.05) is 38.8 Å². The molecule has 1 aromatic carbocycles. The molecule has 0 aliphatic rings. The van der Waals surface area contributed by atoms with Gasteiger partial charge in [0.2, 0.25) is 0 Å². The number of halogens is 1. The van der Waals surface area contributed by atoms with Crippen molar-refractivity contribution in [3.8, 4) is 0 Å². The van der Waals surface area contributed by atoms with Crippen molar-refractivity contribution in [3.63, 3.8) is 0 Å². The second kappa shape index (κ2) is 8.02. The van der Waals surface area contributed by atoms with E-state index < -0.39 is 6.10 Å². The third-order valence-corrected chi connectivity index (χ3v) is 2.39. The first-order valence-electron chi connectivity index (χ1n) is 5.88. The molecule has 0 radical (unpaired) electrons. The molecule has 0 amide bonds. The Hall–Kier alpha value is -1.17. The summed E-state index contributed by atoms with van der Waals surface area (Å²) in [4.78, 5) is 0. The van der Waals surface area contributed by atoms with Crippen LogP contribution in [0.4, 0.5) is 10.1 Å². The molecule has 0 bridgehead atoms. The highest BCUT2D eigenvalue weighted by Gasteiger charge is 2.06. The van der Waals surface area contributed by atoms with Crippen LogP contribution in [0.25, 0.3) is 0 Å². The molecule has 0 aromatic heterocycles. The average molecular weight is 257 g/mol. The molecular weight excluding hydrogens is 237 g/mol. The Labute approximate surface area is 107 Å². The molecule has 5 heteroatoms. The molecule has 102 valence electrons. The van der Waals surface area contributed by atoms with E-state index >= 15 is 0 Å². The van der Waals surface area contributed by atoms with Gasteiger partial charge < -0.3 is 19.9 Å². The average Bonchev–Trinajstić information content (AvgIpc) is 2.36. The van der Waals surface area contributed by atoms with Crippen LogP contribution in [-0.4, -0.2) is 44.7 Å². The number of anilines is 1. The van der Waals surface area contributed by atoms with Crippen molar-refractivity contribution < 1.29 is 19.0 Å². The summed E-state index contributed by atoms with van der Waals surface area (Å²) >= 11 is 0. The zero-order valence-electron chi connectivity index (χ0n) is 10.8. The molecule has 1 unspecified atom stereocenters. The van der Waals surface area contributed by atoms with Crippen LogP contribution in [0.15, 0.2) is 18.2 Å². The summed E-state index contributed by atoms with van der Waals surface area (Å²) in [7, 11) is 1.59. The second-order valence-electron chi connectivity index (χ2n) is 4.09. The standard InChI is InChI=1S/C13H20FNO3/c1-10-3-4-12(14)13(7-10)15-8-11(16)9-18-6-5-17-2/h3-4,7,11,15-16H,5-6,8-9H2,1-2H3. The topological polar surface area (TPSA) is 50.7 Å². The maximum absolute atomic E-state index is 13.4. The van der Waals surface area contributed by atoms with Crippen molar-refractivity contribution in [2.45, 2.75) is 13.0 Å². The Kier molecular flexibility index (Phi) is 6.64. The Bertz CT molecular complexity index is 360. The van der Waals surface area contributed by atoms with E-state index in [9.17, 15) is 9.50 Å². The highest BCUT2D eigenvalue weighted by atomic mass is 19.1. The summed E-state index contributed by atoms with van der Waals surface area (Å²) in [6.07, 6.45) is -0.679. The number of ether oxygens (including phenoxy) is 2. The van der Waals surface area contributed by atoms with E-state index in [1.165, 1.54) is 6.07 Å². The van der Waals surface area contributed by atoms with E-state index in [1.807, 2.05) is 6.92 Å². The third-order valence-electron chi connectivity index (χ3n) is 2.39. The van der Waals surface area contributed by atoms with Crippen LogP contribution in [0.1, 0.15) is 5.56 Å². The van der Waals surface area contributed by atoms with Crippen LogP contribution in [0.3, 0.4) is 0 Å². The summed E-state index contributed by atoms with van der Waals surface area (Å²) in [6, 6.07) is 4.80. The predicted octanol–water partition coefficient (Wildman–Crippen LogP) is 1.57. The minimum absolute atomic E-state index is 0.198. The summed E-state index contributed by atoms with van der Waals surface area (Å²) in [5.41, 5.74) is 1.36. The van der Waals surface area contributed by atoms with Gasteiger partial charge in [-0.2, -0.15) is 0 Å². The van der Waals surface area contributed by atoms with Gasteiger partial charge in [-0.1, -0.05) is 6.07 Å². The predicted molar refractivity (Wildman–Crippen MR) is 68.3 cm³/mol. The lowest BCUT2D eigenvalue weighted by atomic mass is 10.2. The van der Waals surface area contributed by atoms with Crippen molar-refractivity contribution in [2.24, 2.45) is 0 Å². The highest BCUT2D eigenvalue weighted by Crippen LogP contribution is 2.15. The van der Waals surface area contributed by atoms with Crippen LogP contribution in [0, 0.1) is 12.7 Å². The molecule has 0 aliphatic carbocycles. The zero-order chi connectivity index (χ0) is 13.4. The molecule has 18 heavy (non-hydrogen) atoms. The van der Waals surface area contributed by atoms with Gasteiger partial charge in [0.1, 0.15) is 5.82 Å². The van der Waals surface area contributed by atoms with Crippen LogP contribution < -0.4 is 5.32 Å². The molecule has 0 aliphatic heterocycles. The van der Waals surface area contributed by atoms with E-state index in [2.05, 4.69) is 5.32 Å². The Morgan fingerprint density at radius 3 is 2.89 bits per heavy atom. The number of hydrogen-bond donors (Lipinski definition) is 2. The summed E-state index contributed by atoms with van der Waals surface area (Å²) < 4.78 is 23.4.